The molecule has 0 saturated heterocycles. The van der Waals surface area contributed by atoms with Crippen molar-refractivity contribution in [1.29, 1.82) is 10.5 Å². The van der Waals surface area contributed by atoms with Crippen LogP contribution in [0, 0.1) is 36.5 Å². The Hall–Kier alpha value is -3.91. The molecule has 0 aliphatic heterocycles. The molecular weight excluding hydrogens is 330 g/mol. The number of para-hydroxylation sites is 1. The molecule has 0 bridgehead atoms. The number of carbonyl (C=O) groups excluding carboxylic acids is 1. The summed E-state index contributed by atoms with van der Waals surface area (Å²) < 4.78 is 3.18. The lowest BCUT2D eigenvalue weighted by atomic mass is 10.2. The van der Waals surface area contributed by atoms with Gasteiger partial charge in [-0.3, -0.25) is 13.9 Å². The molecule has 1 aromatic carbocycles. The molecule has 8 nitrogen and oxygen atoms in total. The van der Waals surface area contributed by atoms with Crippen molar-refractivity contribution in [1.82, 2.24) is 19.3 Å². The summed E-state index contributed by atoms with van der Waals surface area (Å²) in [5.74, 6) is 0.0734. The maximum absolute atomic E-state index is 12.5. The van der Waals surface area contributed by atoms with Crippen LogP contribution in [0.15, 0.2) is 36.7 Å². The average Bonchev–Trinajstić information content (AvgIpc) is 3.18. The van der Waals surface area contributed by atoms with Gasteiger partial charge in [0, 0.05) is 11.4 Å². The van der Waals surface area contributed by atoms with E-state index in [2.05, 4.69) is 21.6 Å². The summed E-state index contributed by atoms with van der Waals surface area (Å²) in [5.41, 5.74) is 2.91. The fourth-order valence-electron chi connectivity index (χ4n) is 2.74. The Bertz CT molecular complexity index is 1050. The van der Waals surface area contributed by atoms with Crippen molar-refractivity contribution in [3.8, 4) is 17.8 Å². The summed E-state index contributed by atoms with van der Waals surface area (Å²) in [6.07, 6.45) is 1.32. The minimum absolute atomic E-state index is 0.0476. The van der Waals surface area contributed by atoms with Crippen molar-refractivity contribution < 1.29 is 4.79 Å². The lowest BCUT2D eigenvalue weighted by Crippen LogP contribution is -2.21. The number of hydrogen-bond acceptors (Lipinski definition) is 5. The number of aromatic nitrogens is 4. The van der Waals surface area contributed by atoms with Crippen LogP contribution < -0.4 is 5.32 Å². The Kier molecular flexibility index (Phi) is 4.50. The zero-order chi connectivity index (χ0) is 18.7. The van der Waals surface area contributed by atoms with Gasteiger partial charge in [0.05, 0.1) is 5.56 Å². The third kappa shape index (κ3) is 2.92. The lowest BCUT2D eigenvalue weighted by Gasteiger charge is -2.13. The van der Waals surface area contributed by atoms with E-state index in [-0.39, 0.29) is 18.3 Å². The van der Waals surface area contributed by atoms with Crippen molar-refractivity contribution in [2.75, 3.05) is 5.32 Å². The largest absolute Gasteiger partial charge is 0.309 e. The average molecular weight is 345 g/mol. The molecule has 0 aliphatic rings. The van der Waals surface area contributed by atoms with Gasteiger partial charge >= 0.3 is 0 Å². The first-order valence-corrected chi connectivity index (χ1v) is 7.82. The molecule has 2 aromatic heterocycles. The predicted molar refractivity (Wildman–Crippen MR) is 93.3 cm³/mol. The van der Waals surface area contributed by atoms with E-state index >= 15 is 0 Å². The summed E-state index contributed by atoms with van der Waals surface area (Å²) in [4.78, 5) is 12.5. The second-order valence-corrected chi connectivity index (χ2v) is 5.66. The van der Waals surface area contributed by atoms with E-state index in [1.807, 2.05) is 54.8 Å². The Morgan fingerprint density at radius 2 is 1.92 bits per heavy atom. The van der Waals surface area contributed by atoms with Crippen LogP contribution in [0.4, 0.5) is 5.82 Å². The van der Waals surface area contributed by atoms with Crippen LogP contribution in [0.1, 0.15) is 22.6 Å². The smallest absolute Gasteiger partial charge is 0.245 e. The standard InChI is InChI=1S/C18H15N7O/c1-12-13(2)25(14-6-4-3-5-7-14)18(15(12)8-19)22-17(26)10-24-11-21-23-16(24)9-20/h3-7,11H,10H2,1-2H3,(H,22,26). The molecule has 2 heterocycles. The van der Waals surface area contributed by atoms with E-state index in [4.69, 9.17) is 5.26 Å². The van der Waals surface area contributed by atoms with Gasteiger partial charge in [0.25, 0.3) is 0 Å². The van der Waals surface area contributed by atoms with Crippen molar-refractivity contribution in [2.45, 2.75) is 20.4 Å². The number of carbonyl (C=O) groups is 1. The summed E-state index contributed by atoms with van der Waals surface area (Å²) >= 11 is 0. The van der Waals surface area contributed by atoms with Gasteiger partial charge in [-0.25, -0.2) is 0 Å². The van der Waals surface area contributed by atoms with Crippen molar-refractivity contribution in [2.24, 2.45) is 0 Å². The second kappa shape index (κ2) is 6.91. The second-order valence-electron chi connectivity index (χ2n) is 5.66. The molecule has 0 aliphatic carbocycles. The van der Waals surface area contributed by atoms with Crippen LogP contribution >= 0.6 is 0 Å². The van der Waals surface area contributed by atoms with Gasteiger partial charge in [0.1, 0.15) is 30.8 Å². The SMILES string of the molecule is Cc1c(C#N)c(NC(=O)Cn2cnnc2C#N)n(-c2ccccc2)c1C. The number of anilines is 1. The van der Waals surface area contributed by atoms with E-state index < -0.39 is 0 Å². The number of nitrogens with one attached hydrogen (secondary N) is 1. The highest BCUT2D eigenvalue weighted by Gasteiger charge is 2.21. The fourth-order valence-corrected chi connectivity index (χ4v) is 2.74. The Labute approximate surface area is 149 Å². The molecule has 0 atom stereocenters. The molecule has 0 saturated carbocycles. The van der Waals surface area contributed by atoms with Gasteiger partial charge in [-0.1, -0.05) is 18.2 Å². The zero-order valence-corrected chi connectivity index (χ0v) is 14.3. The molecule has 0 unspecified atom stereocenters. The molecule has 0 radical (unpaired) electrons. The fraction of sp³-hybridized carbons (Fsp3) is 0.167. The third-order valence-corrected chi connectivity index (χ3v) is 4.13. The maximum atomic E-state index is 12.5. The monoisotopic (exact) mass is 345 g/mol. The lowest BCUT2D eigenvalue weighted by molar-refractivity contribution is -0.116. The first-order chi connectivity index (χ1) is 12.6. The van der Waals surface area contributed by atoms with Crippen LogP contribution in [0.3, 0.4) is 0 Å². The third-order valence-electron chi connectivity index (χ3n) is 4.13. The topological polar surface area (TPSA) is 112 Å². The van der Waals surface area contributed by atoms with Crippen LogP contribution in [0.2, 0.25) is 0 Å². The number of rotatable bonds is 4. The first kappa shape index (κ1) is 16.9. The highest BCUT2D eigenvalue weighted by atomic mass is 16.2. The molecule has 0 fully saturated rings. The zero-order valence-electron chi connectivity index (χ0n) is 14.3. The molecule has 3 aromatic rings. The van der Waals surface area contributed by atoms with Gasteiger partial charge in [-0.05, 0) is 31.5 Å². The minimum Gasteiger partial charge on any atom is -0.309 e. The minimum atomic E-state index is -0.382. The van der Waals surface area contributed by atoms with Gasteiger partial charge in [-0.2, -0.15) is 10.5 Å². The summed E-state index contributed by atoms with van der Waals surface area (Å²) in [5, 5.41) is 28.6. The van der Waals surface area contributed by atoms with E-state index in [9.17, 15) is 10.1 Å². The van der Waals surface area contributed by atoms with Crippen LogP contribution in [0.25, 0.3) is 5.69 Å². The van der Waals surface area contributed by atoms with E-state index in [0.29, 0.717) is 11.4 Å². The van der Waals surface area contributed by atoms with Gasteiger partial charge < -0.3 is 5.32 Å². The van der Waals surface area contributed by atoms with Crippen LogP contribution in [-0.4, -0.2) is 25.2 Å². The van der Waals surface area contributed by atoms with Crippen molar-refractivity contribution in [3.05, 3.63) is 59.3 Å². The van der Waals surface area contributed by atoms with Crippen molar-refractivity contribution in [3.63, 3.8) is 0 Å². The quantitative estimate of drug-likeness (QED) is 0.778. The van der Waals surface area contributed by atoms with Crippen LogP contribution in [0.5, 0.6) is 0 Å². The molecule has 8 heteroatoms. The summed E-state index contributed by atoms with van der Waals surface area (Å²) in [6.45, 7) is 3.61. The van der Waals surface area contributed by atoms with Crippen LogP contribution in [-0.2, 0) is 11.3 Å². The number of amides is 1. The van der Waals surface area contributed by atoms with E-state index in [1.165, 1.54) is 10.9 Å². The molecule has 3 rings (SSSR count). The normalized spacial score (nSPS) is 10.2. The number of nitrogens with zero attached hydrogens (tertiary/aromatic N) is 6. The Balaban J connectivity index is 1.99. The molecule has 26 heavy (non-hydrogen) atoms. The molecule has 128 valence electrons. The molecule has 1 N–H and O–H groups in total. The summed E-state index contributed by atoms with van der Waals surface area (Å²) in [7, 11) is 0. The first-order valence-electron chi connectivity index (χ1n) is 7.82. The predicted octanol–water partition coefficient (Wildman–Crippen LogP) is 2.07. The van der Waals surface area contributed by atoms with E-state index in [1.54, 1.807) is 0 Å². The molecule has 1 amide bonds. The molecule has 0 spiro atoms. The maximum Gasteiger partial charge on any atom is 0.245 e. The van der Waals surface area contributed by atoms with Gasteiger partial charge in [-0.15, -0.1) is 10.2 Å². The summed E-state index contributed by atoms with van der Waals surface area (Å²) in [6, 6.07) is 13.5. The Morgan fingerprint density at radius 3 is 2.58 bits per heavy atom. The van der Waals surface area contributed by atoms with E-state index in [0.717, 1.165) is 16.9 Å². The number of benzene rings is 1. The Morgan fingerprint density at radius 1 is 1.19 bits per heavy atom. The number of nitriles is 2. The number of hydrogen-bond donors (Lipinski definition) is 1. The van der Waals surface area contributed by atoms with Crippen molar-refractivity contribution >= 4 is 11.7 Å². The highest BCUT2D eigenvalue weighted by molar-refractivity contribution is 5.92. The van der Waals surface area contributed by atoms with Gasteiger partial charge in [0.2, 0.25) is 11.7 Å². The molecular formula is C18H15N7O. The highest BCUT2D eigenvalue weighted by Crippen LogP contribution is 2.29. The van der Waals surface area contributed by atoms with Gasteiger partial charge in [0.15, 0.2) is 0 Å².